The topological polar surface area (TPSA) is 225 Å². The van der Waals surface area contributed by atoms with Crippen molar-refractivity contribution in [1.82, 2.24) is 16.0 Å². The molecule has 8 N–H and O–H groups in total. The van der Waals surface area contributed by atoms with E-state index in [4.69, 9.17) is 21.1 Å². The first-order valence-electron chi connectivity index (χ1n) is 8.18. The third kappa shape index (κ3) is 9.47. The number of hydrogen-bond acceptors (Lipinski definition) is 7. The molecule has 0 radical (unpaired) electrons. The number of nitrogens with two attached hydrogens (primary N) is 1. The largest absolute Gasteiger partial charge is 0.481 e. The van der Waals surface area contributed by atoms with Crippen molar-refractivity contribution in [3.05, 3.63) is 0 Å². The van der Waals surface area contributed by atoms with Gasteiger partial charge in [0, 0.05) is 6.42 Å². The van der Waals surface area contributed by atoms with E-state index in [1.54, 1.807) is 0 Å². The first-order valence-corrected chi connectivity index (χ1v) is 8.18. The number of rotatable bonds is 12. The molecule has 158 valence electrons. The summed E-state index contributed by atoms with van der Waals surface area (Å²) < 4.78 is 0. The fourth-order valence-electron chi connectivity index (χ4n) is 1.88. The molecule has 0 aliphatic rings. The van der Waals surface area contributed by atoms with Crippen LogP contribution in [0.2, 0.25) is 0 Å². The quantitative estimate of drug-likeness (QED) is 0.177. The van der Waals surface area contributed by atoms with E-state index >= 15 is 0 Å². The average molecular weight is 404 g/mol. The number of nitrogens with one attached hydrogen (secondary N) is 3. The summed E-state index contributed by atoms with van der Waals surface area (Å²) in [6.45, 7) is 2.43. The Hall–Kier alpha value is -3.22. The molecule has 0 aromatic carbocycles. The lowest BCUT2D eigenvalue weighted by Crippen LogP contribution is -2.56. The van der Waals surface area contributed by atoms with E-state index in [2.05, 4.69) is 16.0 Å². The number of carboxylic acids is 3. The molecular weight excluding hydrogens is 380 g/mol. The average Bonchev–Trinajstić information content (AvgIpc) is 2.56. The number of amides is 3. The molecule has 0 heterocycles. The molecular formula is C15H24N4O9. The molecule has 28 heavy (non-hydrogen) atoms. The summed E-state index contributed by atoms with van der Waals surface area (Å²) in [5.74, 6) is -6.56. The normalized spacial score (nSPS) is 14.7. The minimum atomic E-state index is -1.39. The fourth-order valence-corrected chi connectivity index (χ4v) is 1.88. The third-order valence-electron chi connectivity index (χ3n) is 3.49. The predicted molar refractivity (Wildman–Crippen MR) is 91.9 cm³/mol. The number of hydrogen-bond donors (Lipinski definition) is 7. The maximum absolute atomic E-state index is 12.2. The van der Waals surface area contributed by atoms with E-state index in [1.807, 2.05) is 0 Å². The van der Waals surface area contributed by atoms with E-state index in [0.29, 0.717) is 0 Å². The van der Waals surface area contributed by atoms with Gasteiger partial charge in [0.2, 0.25) is 17.7 Å². The second-order valence-electron chi connectivity index (χ2n) is 6.00. The highest BCUT2D eigenvalue weighted by atomic mass is 16.4. The lowest BCUT2D eigenvalue weighted by molar-refractivity contribution is -0.142. The van der Waals surface area contributed by atoms with Gasteiger partial charge in [-0.15, -0.1) is 0 Å². The van der Waals surface area contributed by atoms with Gasteiger partial charge in [-0.1, -0.05) is 0 Å². The summed E-state index contributed by atoms with van der Waals surface area (Å²) >= 11 is 0. The van der Waals surface area contributed by atoms with Crippen LogP contribution in [0.5, 0.6) is 0 Å². The Morgan fingerprint density at radius 2 is 1.32 bits per heavy atom. The highest BCUT2D eigenvalue weighted by molar-refractivity contribution is 5.94. The van der Waals surface area contributed by atoms with Gasteiger partial charge in [0.15, 0.2) is 0 Å². The van der Waals surface area contributed by atoms with Crippen LogP contribution in [0, 0.1) is 0 Å². The summed E-state index contributed by atoms with van der Waals surface area (Å²) in [5, 5.41) is 32.7. The maximum atomic E-state index is 12.2. The fraction of sp³-hybridized carbons (Fsp3) is 0.600. The molecule has 0 aliphatic carbocycles. The predicted octanol–water partition coefficient (Wildman–Crippen LogP) is -2.77. The van der Waals surface area contributed by atoms with E-state index in [0.717, 1.165) is 0 Å². The van der Waals surface area contributed by atoms with Crippen LogP contribution >= 0.6 is 0 Å². The van der Waals surface area contributed by atoms with Crippen molar-refractivity contribution in [2.75, 3.05) is 0 Å². The minimum absolute atomic E-state index is 0.321. The molecule has 0 spiro atoms. The van der Waals surface area contributed by atoms with E-state index in [-0.39, 0.29) is 6.42 Å². The Labute approximate surface area is 159 Å². The maximum Gasteiger partial charge on any atom is 0.325 e. The Kier molecular flexibility index (Phi) is 10.2. The van der Waals surface area contributed by atoms with Gasteiger partial charge in [-0.3, -0.25) is 28.8 Å². The van der Waals surface area contributed by atoms with Gasteiger partial charge in [-0.2, -0.15) is 0 Å². The van der Waals surface area contributed by atoms with Crippen LogP contribution < -0.4 is 21.7 Å². The van der Waals surface area contributed by atoms with Crippen LogP contribution in [-0.2, 0) is 28.8 Å². The highest BCUT2D eigenvalue weighted by Crippen LogP contribution is 2.01. The summed E-state index contributed by atoms with van der Waals surface area (Å²) in [6, 6.07) is -5.25. The van der Waals surface area contributed by atoms with Crippen molar-refractivity contribution in [1.29, 1.82) is 0 Å². The van der Waals surface area contributed by atoms with Crippen LogP contribution in [-0.4, -0.2) is 75.1 Å². The lowest BCUT2D eigenvalue weighted by atomic mass is 10.1. The summed E-state index contributed by atoms with van der Waals surface area (Å²) in [5.41, 5.74) is 5.37. The van der Waals surface area contributed by atoms with Crippen molar-refractivity contribution in [3.8, 4) is 0 Å². The lowest BCUT2D eigenvalue weighted by Gasteiger charge is -2.22. The molecule has 0 rings (SSSR count). The zero-order valence-corrected chi connectivity index (χ0v) is 15.3. The summed E-state index contributed by atoms with van der Waals surface area (Å²) in [6.07, 6.45) is -1.46. The van der Waals surface area contributed by atoms with Gasteiger partial charge in [0.05, 0.1) is 12.5 Å². The Morgan fingerprint density at radius 1 is 0.786 bits per heavy atom. The number of aliphatic carboxylic acids is 3. The van der Waals surface area contributed by atoms with Crippen LogP contribution in [0.3, 0.4) is 0 Å². The zero-order chi connectivity index (χ0) is 22.0. The minimum Gasteiger partial charge on any atom is -0.481 e. The molecule has 13 nitrogen and oxygen atoms in total. The first kappa shape index (κ1) is 24.8. The first-order chi connectivity index (χ1) is 12.8. The van der Waals surface area contributed by atoms with Crippen molar-refractivity contribution in [3.63, 3.8) is 0 Å². The molecule has 0 fully saturated rings. The molecule has 0 saturated heterocycles. The molecule has 0 aliphatic heterocycles. The second-order valence-corrected chi connectivity index (χ2v) is 6.00. The second kappa shape index (κ2) is 11.5. The van der Waals surface area contributed by atoms with E-state index in [9.17, 15) is 28.8 Å². The third-order valence-corrected chi connectivity index (χ3v) is 3.49. The van der Waals surface area contributed by atoms with Crippen molar-refractivity contribution >= 4 is 35.6 Å². The van der Waals surface area contributed by atoms with Gasteiger partial charge in [-0.05, 0) is 20.3 Å². The van der Waals surface area contributed by atoms with Crippen molar-refractivity contribution < 1.29 is 44.1 Å². The SMILES string of the molecule is CC(NC(=O)C(CCC(=O)O)NC(=O)C(C)NC(=O)C(N)CC(=O)O)C(=O)O. The van der Waals surface area contributed by atoms with Crippen LogP contribution in [0.4, 0.5) is 0 Å². The Morgan fingerprint density at radius 3 is 1.79 bits per heavy atom. The Balaban J connectivity index is 4.98. The number of carbonyl (C=O) groups excluding carboxylic acids is 3. The number of carboxylic acid groups (broad SMARTS) is 3. The van der Waals surface area contributed by atoms with Crippen LogP contribution in [0.25, 0.3) is 0 Å². The van der Waals surface area contributed by atoms with Crippen LogP contribution in [0.15, 0.2) is 0 Å². The molecule has 0 saturated carbocycles. The molecule has 13 heteroatoms. The van der Waals surface area contributed by atoms with Gasteiger partial charge in [0.1, 0.15) is 18.1 Å². The van der Waals surface area contributed by atoms with Crippen molar-refractivity contribution in [2.45, 2.75) is 57.3 Å². The highest BCUT2D eigenvalue weighted by Gasteiger charge is 2.28. The summed E-state index contributed by atoms with van der Waals surface area (Å²) in [4.78, 5) is 68.1. The molecule has 4 unspecified atom stereocenters. The van der Waals surface area contributed by atoms with Gasteiger partial charge >= 0.3 is 17.9 Å². The number of carbonyl (C=O) groups is 6. The van der Waals surface area contributed by atoms with Crippen LogP contribution in [0.1, 0.15) is 33.1 Å². The van der Waals surface area contributed by atoms with Gasteiger partial charge < -0.3 is 37.0 Å². The standard InChI is InChI=1S/C15H24N4O9/c1-6(17-13(25)8(16)5-11(22)23)12(24)19-9(3-4-10(20)21)14(26)18-7(2)15(27)28/h6-9H,3-5,16H2,1-2H3,(H,17,25)(H,18,26)(H,19,24)(H,20,21)(H,22,23)(H,27,28). The van der Waals surface area contributed by atoms with Gasteiger partial charge in [-0.25, -0.2) is 0 Å². The van der Waals surface area contributed by atoms with E-state index < -0.39 is 72.6 Å². The van der Waals surface area contributed by atoms with E-state index in [1.165, 1.54) is 13.8 Å². The summed E-state index contributed by atoms with van der Waals surface area (Å²) in [7, 11) is 0. The molecule has 4 atom stereocenters. The smallest absolute Gasteiger partial charge is 0.325 e. The zero-order valence-electron chi connectivity index (χ0n) is 15.3. The van der Waals surface area contributed by atoms with Crippen molar-refractivity contribution in [2.24, 2.45) is 5.73 Å². The molecule has 0 aromatic heterocycles. The monoisotopic (exact) mass is 404 g/mol. The molecule has 3 amide bonds. The Bertz CT molecular complexity index is 637. The molecule has 0 aromatic rings. The molecule has 0 bridgehead atoms. The van der Waals surface area contributed by atoms with Gasteiger partial charge in [0.25, 0.3) is 0 Å².